The zero-order chi connectivity index (χ0) is 68.0. The second-order valence-corrected chi connectivity index (χ2v) is 25.7. The van der Waals surface area contributed by atoms with E-state index in [2.05, 4.69) is 31.8 Å². The van der Waals surface area contributed by atoms with Crippen LogP contribution in [0.5, 0.6) is 5.75 Å². The lowest BCUT2D eigenvalue weighted by Crippen LogP contribution is -2.64. The molecule has 0 radical (unpaired) electrons. The molecule has 498 valence electrons. The number of hydrogen-bond acceptors (Lipinski definition) is 20. The molecule has 8 atom stereocenters. The van der Waals surface area contributed by atoms with Gasteiger partial charge in [-0.2, -0.15) is 13.5 Å². The maximum absolute atomic E-state index is 14.5. The van der Waals surface area contributed by atoms with E-state index in [0.29, 0.717) is 41.8 Å². The number of nitro groups is 1. The van der Waals surface area contributed by atoms with Crippen molar-refractivity contribution in [3.8, 4) is 5.75 Å². The highest BCUT2D eigenvalue weighted by Gasteiger charge is 2.83. The Morgan fingerprint density at radius 1 is 0.968 bits per heavy atom. The minimum atomic E-state index is -4.78. The number of epoxide rings is 1. The molecule has 8 rings (SSSR count). The van der Waals surface area contributed by atoms with Gasteiger partial charge in [-0.25, -0.2) is 10.2 Å². The van der Waals surface area contributed by atoms with Crippen LogP contribution in [0.4, 0.5) is 21.9 Å². The molecule has 1 spiro atoms. The first kappa shape index (κ1) is 69.9. The van der Waals surface area contributed by atoms with Crippen LogP contribution in [0.25, 0.3) is 0 Å². The first-order valence-corrected chi connectivity index (χ1v) is 31.5. The second kappa shape index (κ2) is 28.5. The first-order chi connectivity index (χ1) is 43.8. The number of aliphatic hydroxyl groups is 1. The van der Waals surface area contributed by atoms with Crippen molar-refractivity contribution < 1.29 is 89.8 Å². The summed E-state index contributed by atoms with van der Waals surface area (Å²) >= 11 is 6.84. The maximum atomic E-state index is 14.5. The summed E-state index contributed by atoms with van der Waals surface area (Å²) in [6, 6.07) is 11.4. The lowest BCUT2D eigenvalue weighted by atomic mass is 9.83. The molecule has 3 fully saturated rings. The number of anilines is 2. The maximum Gasteiger partial charge on any atom is 0.410 e. The van der Waals surface area contributed by atoms with E-state index in [9.17, 15) is 71.3 Å². The highest BCUT2D eigenvalue weighted by molar-refractivity contribution is 7.85. The molecule has 5 unspecified atom stereocenters. The highest BCUT2D eigenvalue weighted by Crippen LogP contribution is 2.72. The Balaban J connectivity index is 0.874. The number of allylic oxidation sites excluding steroid dienone is 3. The van der Waals surface area contributed by atoms with Crippen LogP contribution in [0.3, 0.4) is 0 Å². The Bertz CT molecular complexity index is 3750. The lowest BCUT2D eigenvalue weighted by molar-refractivity contribution is -0.385. The number of unbranched alkanes of at least 4 members (excludes halogenated alkanes) is 2. The number of fused-ring (bicyclic) bond motifs is 5. The number of ether oxygens (including phenoxy) is 5. The van der Waals surface area contributed by atoms with Crippen molar-refractivity contribution in [1.29, 1.82) is 0 Å². The summed E-state index contributed by atoms with van der Waals surface area (Å²) in [7, 11) is -0.382. The normalized spacial score (nSPS) is 25.6. The number of carbonyl (C=O) groups is 9. The fourth-order valence-electron chi connectivity index (χ4n) is 11.8. The molecule has 29 nitrogen and oxygen atoms in total. The second-order valence-electron chi connectivity index (χ2n) is 23.8. The summed E-state index contributed by atoms with van der Waals surface area (Å²) in [5.41, 5.74) is -1.21. The smallest absolute Gasteiger partial charge is 0.410 e. The molecule has 0 aromatic heterocycles. The molecular weight excluding hydrogens is 1260 g/mol. The molecular formula is C62H72ClN9O20S. The van der Waals surface area contributed by atoms with Crippen LogP contribution in [0.15, 0.2) is 95.7 Å². The minimum absolute atomic E-state index is 0.0908. The van der Waals surface area contributed by atoms with Crippen LogP contribution in [-0.2, 0) is 75.5 Å². The van der Waals surface area contributed by atoms with Crippen LogP contribution in [-0.4, -0.2) is 168 Å². The van der Waals surface area contributed by atoms with E-state index < -0.39 is 145 Å². The Labute approximate surface area is 539 Å². The van der Waals surface area contributed by atoms with Crippen molar-refractivity contribution in [2.45, 2.75) is 133 Å². The van der Waals surface area contributed by atoms with Crippen molar-refractivity contribution >= 4 is 97.9 Å². The molecule has 4 bridgehead atoms. The van der Waals surface area contributed by atoms with Crippen molar-refractivity contribution in [1.82, 2.24) is 26.3 Å². The number of rotatable bonds is 23. The van der Waals surface area contributed by atoms with Crippen molar-refractivity contribution in [3.63, 3.8) is 0 Å². The van der Waals surface area contributed by atoms with Crippen LogP contribution in [0.1, 0.15) is 106 Å². The van der Waals surface area contributed by atoms with Gasteiger partial charge in [0.2, 0.25) is 23.6 Å². The summed E-state index contributed by atoms with van der Waals surface area (Å²) in [4.78, 5) is 131. The topological polar surface area (TPSA) is 400 Å². The number of amides is 8. The predicted molar refractivity (Wildman–Crippen MR) is 333 cm³/mol. The van der Waals surface area contributed by atoms with Gasteiger partial charge in [-0.05, 0) is 87.4 Å². The van der Waals surface area contributed by atoms with E-state index in [-0.39, 0.29) is 61.5 Å². The summed E-state index contributed by atoms with van der Waals surface area (Å²) in [5, 5.41) is 38.0. The molecule has 8 amide bonds. The molecule has 93 heavy (non-hydrogen) atoms. The molecule has 1 saturated carbocycles. The number of alkyl carbamates (subject to hydrolysis) is 1. The van der Waals surface area contributed by atoms with E-state index in [0.717, 1.165) is 40.3 Å². The van der Waals surface area contributed by atoms with E-state index in [1.165, 1.54) is 25.2 Å². The summed E-state index contributed by atoms with van der Waals surface area (Å²) in [6.45, 7) is 6.70. The monoisotopic (exact) mass is 1330 g/mol. The average molecular weight is 1330 g/mol. The Morgan fingerprint density at radius 3 is 2.34 bits per heavy atom. The van der Waals surface area contributed by atoms with Gasteiger partial charge in [-0.1, -0.05) is 73.0 Å². The number of esters is 1. The van der Waals surface area contributed by atoms with E-state index in [4.69, 9.17) is 35.3 Å². The number of nitrogens with one attached hydrogen (secondary N) is 5. The molecule has 3 aromatic carbocycles. The molecule has 2 saturated heterocycles. The summed E-state index contributed by atoms with van der Waals surface area (Å²) < 4.78 is 62.7. The Kier molecular flexibility index (Phi) is 21.4. The molecule has 5 aliphatic rings. The Hall–Kier alpha value is -8.94. The van der Waals surface area contributed by atoms with Crippen LogP contribution >= 0.6 is 11.6 Å². The molecule has 4 aliphatic heterocycles. The quantitative estimate of drug-likeness (QED) is 0.0101. The molecule has 4 heterocycles. The summed E-state index contributed by atoms with van der Waals surface area (Å²) in [6.07, 6.45) is 3.96. The number of hydrazone groups is 1. The van der Waals surface area contributed by atoms with Gasteiger partial charge < -0.3 is 49.6 Å². The van der Waals surface area contributed by atoms with E-state index in [1.54, 1.807) is 69.4 Å². The molecule has 1 aliphatic carbocycles. The van der Waals surface area contributed by atoms with Gasteiger partial charge in [0, 0.05) is 75.8 Å². The van der Waals surface area contributed by atoms with Gasteiger partial charge in [0.25, 0.3) is 33.5 Å². The number of methoxy groups -OCH3 is 2. The predicted octanol–water partition coefficient (Wildman–Crippen LogP) is 4.42. The van der Waals surface area contributed by atoms with Crippen LogP contribution in [0.2, 0.25) is 5.02 Å². The van der Waals surface area contributed by atoms with Crippen molar-refractivity contribution in [2.75, 3.05) is 50.3 Å². The van der Waals surface area contributed by atoms with Gasteiger partial charge in [0.05, 0.1) is 36.3 Å². The number of carbonyl (C=O) groups excluding carboxylic acids is 9. The number of imide groups is 1. The molecule has 7 N–H and O–H groups in total. The number of hydrogen-bond donors (Lipinski definition) is 7. The van der Waals surface area contributed by atoms with Gasteiger partial charge in [-0.15, -0.1) is 0 Å². The van der Waals surface area contributed by atoms with Gasteiger partial charge >= 0.3 is 12.1 Å². The van der Waals surface area contributed by atoms with Crippen molar-refractivity contribution in [3.05, 3.63) is 128 Å². The minimum Gasteiger partial charge on any atom is -0.495 e. The molecule has 31 heteroatoms. The molecule has 3 aromatic rings. The van der Waals surface area contributed by atoms with E-state index >= 15 is 0 Å². The number of benzene rings is 3. The largest absolute Gasteiger partial charge is 0.495 e. The third-order valence-corrected chi connectivity index (χ3v) is 18.1. The fraction of sp³-hybridized carbons (Fsp3) is 0.452. The van der Waals surface area contributed by atoms with Gasteiger partial charge in [0.15, 0.2) is 5.72 Å². The Morgan fingerprint density at radius 2 is 1.68 bits per heavy atom. The summed E-state index contributed by atoms with van der Waals surface area (Å²) in [5.74, 6) is -6.55. The van der Waals surface area contributed by atoms with Crippen molar-refractivity contribution in [2.24, 2.45) is 10.5 Å². The number of halogens is 1. The van der Waals surface area contributed by atoms with Gasteiger partial charge in [0.1, 0.15) is 57.6 Å². The number of nitrogens with zero attached hydrogens (tertiary/aromatic N) is 4. The highest BCUT2D eigenvalue weighted by atomic mass is 35.5. The first-order valence-electron chi connectivity index (χ1n) is 29.5. The standard InChI is InChI=1S/C62H72ClN9O20S/c1-35-12-11-13-46(89-7)62(82)34-61(92-58(81)67-62)33-59(61,3)57-60(4,91-57)47(31-52(77)70(5)44-27-38(26-35)28-45(88-6)54(44)63)90-53(78)29-37-15-17-39(18-16-37)36(2)68-69-55(79)41-20-19-40(30-43(41)72(83)84)65-49(74)23-24-64-56(80)42(32-93(85,86)87)66-48(73)14-9-8-10-25-71-50(75)21-22-51(71)76/h11-13,15-22,27-28,30,42,46-47,57,82H,8-10,14,23-26,29,31-34H2,1-7H3,(H,64,80)(H,65,74)(H,66,73)(H,67,81)(H,69,79)(H,85,86,87)/b13-11+,35-12+,68-36+/t42?,46-,47+,57?,59?,60?,61?,62+/m1/s1. The lowest BCUT2D eigenvalue weighted by Gasteiger charge is -2.42. The zero-order valence-corrected chi connectivity index (χ0v) is 53.5. The average Bonchev–Trinajstić information content (AvgIpc) is 1.49. The van der Waals surface area contributed by atoms with Crippen LogP contribution < -0.4 is 36.3 Å². The fourth-order valence-corrected chi connectivity index (χ4v) is 12.8. The third-order valence-electron chi connectivity index (χ3n) is 17.0. The van der Waals surface area contributed by atoms with Crippen LogP contribution in [0, 0.1) is 15.5 Å². The zero-order valence-electron chi connectivity index (χ0n) is 51.9. The number of nitro benzene ring substituents is 1. The van der Waals surface area contributed by atoms with E-state index in [1.807, 2.05) is 19.9 Å². The SMILES string of the molecule is COc1cc2cc(c1Cl)N(C)C(=O)C[C@H](OC(=O)Cc1ccc(/C(C)=N/NC(=O)c3ccc(NC(=O)CCNC(=O)C(CS(=O)(=O)O)NC(=O)CCCCCN4C(=O)C=CC4=O)cc3[N+](=O)[O-])cc1)C1(C)OC1C1(C)CC13C[C@@](O)(NC(=O)O3)[C@H](OC)/C=C/C=C(\C)C2. The third kappa shape index (κ3) is 16.6. The van der Waals surface area contributed by atoms with Gasteiger partial charge in [-0.3, -0.25) is 63.2 Å².